The highest BCUT2D eigenvalue weighted by Gasteiger charge is 2.39. The van der Waals surface area contributed by atoms with Crippen molar-refractivity contribution in [3.8, 4) is 28.3 Å². The van der Waals surface area contributed by atoms with Crippen molar-refractivity contribution in [3.63, 3.8) is 0 Å². The minimum Gasteiger partial charge on any atom is -0.507 e. The van der Waals surface area contributed by atoms with Crippen LogP contribution in [-0.2, 0) is 7.05 Å². The van der Waals surface area contributed by atoms with Gasteiger partial charge in [0.2, 0.25) is 5.95 Å². The average Bonchev–Trinajstić information content (AvgIpc) is 3.17. The first-order valence-corrected chi connectivity index (χ1v) is 11.9. The lowest BCUT2D eigenvalue weighted by atomic mass is 9.79. The molecule has 0 aliphatic carbocycles. The van der Waals surface area contributed by atoms with Crippen molar-refractivity contribution in [3.05, 3.63) is 42.9 Å². The van der Waals surface area contributed by atoms with Crippen LogP contribution in [0, 0.1) is 0 Å². The van der Waals surface area contributed by atoms with Crippen molar-refractivity contribution in [2.24, 2.45) is 7.05 Å². The molecule has 0 amide bonds. The number of hydrogen-bond acceptors (Lipinski definition) is 8. The van der Waals surface area contributed by atoms with Gasteiger partial charge in [-0.1, -0.05) is 6.07 Å². The molecule has 9 nitrogen and oxygen atoms in total. The number of phenolic OH excluding ortho intramolecular Hbond substituents is 1. The second-order valence-corrected chi connectivity index (χ2v) is 10.8. The number of aryl methyl sites for hydroxylation is 1. The van der Waals surface area contributed by atoms with Crippen molar-refractivity contribution in [2.45, 2.75) is 57.7 Å². The molecular formula is C26H32N8O. The molecule has 35 heavy (non-hydrogen) atoms. The summed E-state index contributed by atoms with van der Waals surface area (Å²) in [4.78, 5) is 15.7. The van der Waals surface area contributed by atoms with Crippen LogP contribution in [-0.4, -0.2) is 59.0 Å². The zero-order valence-corrected chi connectivity index (χ0v) is 21.1. The number of benzene rings is 1. The second-order valence-electron chi connectivity index (χ2n) is 10.8. The lowest BCUT2D eigenvalue weighted by Gasteiger charge is -2.48. The van der Waals surface area contributed by atoms with E-state index >= 15 is 0 Å². The van der Waals surface area contributed by atoms with Crippen molar-refractivity contribution in [2.75, 3.05) is 11.9 Å². The minimum absolute atomic E-state index is 0.0255. The van der Waals surface area contributed by atoms with Crippen LogP contribution in [0.1, 0.15) is 40.5 Å². The number of anilines is 1. The highest BCUT2D eigenvalue weighted by Crippen LogP contribution is 2.34. The molecule has 1 aliphatic heterocycles. The summed E-state index contributed by atoms with van der Waals surface area (Å²) in [6.45, 7) is 8.92. The van der Waals surface area contributed by atoms with E-state index in [1.165, 1.54) is 0 Å². The first kappa shape index (κ1) is 23.2. The third-order valence-corrected chi connectivity index (χ3v) is 6.71. The number of aromatic nitrogens is 6. The predicted octanol–water partition coefficient (Wildman–Crippen LogP) is 3.94. The fourth-order valence-electron chi connectivity index (χ4n) is 5.33. The molecule has 2 N–H and O–H groups in total. The molecule has 0 saturated carbocycles. The molecule has 0 atom stereocenters. The Hall–Kier alpha value is -3.59. The topological polar surface area (TPSA) is 105 Å². The van der Waals surface area contributed by atoms with Crippen LogP contribution in [0.5, 0.6) is 5.75 Å². The number of imidazole rings is 1. The number of rotatable bonds is 4. The van der Waals surface area contributed by atoms with Gasteiger partial charge in [0.05, 0.1) is 18.2 Å². The fraction of sp³-hybridized carbons (Fsp3) is 0.423. The summed E-state index contributed by atoms with van der Waals surface area (Å²) < 4.78 is 1.87. The summed E-state index contributed by atoms with van der Waals surface area (Å²) in [5.41, 5.74) is 4.34. The Kier molecular flexibility index (Phi) is 5.47. The quantitative estimate of drug-likeness (QED) is 0.460. The van der Waals surface area contributed by atoms with Crippen molar-refractivity contribution in [1.29, 1.82) is 0 Å². The zero-order chi connectivity index (χ0) is 25.0. The SMILES string of the molecule is CN(c1ncc(-c2ccc(-c3ccc4ncn(C)c4n3)cc2O)nn1)C1CC(C)(C)NC(C)(C)C1. The van der Waals surface area contributed by atoms with E-state index in [-0.39, 0.29) is 16.8 Å². The molecule has 1 saturated heterocycles. The Labute approximate surface area is 205 Å². The standard InChI is InChI=1S/C26H32N8O/c1-25(2)12-17(13-26(3,4)32-25)34(6)24-27-14-21(30-31-24)18-8-7-16(11-22(18)35)19-9-10-20-23(29-19)33(5)15-28-20/h7-11,14-15,17,32,35H,12-13H2,1-6H3. The molecule has 4 heterocycles. The Morgan fingerprint density at radius 3 is 2.40 bits per heavy atom. The molecule has 0 radical (unpaired) electrons. The van der Waals surface area contributed by atoms with Crippen LogP contribution in [0.25, 0.3) is 33.7 Å². The van der Waals surface area contributed by atoms with Gasteiger partial charge in [-0.3, -0.25) is 0 Å². The largest absolute Gasteiger partial charge is 0.507 e. The number of hydrogen-bond donors (Lipinski definition) is 2. The number of nitrogens with one attached hydrogen (secondary N) is 1. The van der Waals surface area contributed by atoms with Gasteiger partial charge >= 0.3 is 0 Å². The third-order valence-electron chi connectivity index (χ3n) is 6.71. The molecular weight excluding hydrogens is 440 g/mol. The van der Waals surface area contributed by atoms with Gasteiger partial charge < -0.3 is 19.9 Å². The maximum Gasteiger partial charge on any atom is 0.245 e. The van der Waals surface area contributed by atoms with Gasteiger partial charge in [-0.2, -0.15) is 0 Å². The van der Waals surface area contributed by atoms with Gasteiger partial charge in [0.25, 0.3) is 0 Å². The van der Waals surface area contributed by atoms with Crippen LogP contribution in [0.3, 0.4) is 0 Å². The third kappa shape index (κ3) is 4.55. The molecule has 0 unspecified atom stereocenters. The summed E-state index contributed by atoms with van der Waals surface area (Å²) >= 11 is 0. The van der Waals surface area contributed by atoms with Crippen LogP contribution in [0.15, 0.2) is 42.9 Å². The lowest BCUT2D eigenvalue weighted by Crippen LogP contribution is -2.62. The van der Waals surface area contributed by atoms with Crippen LogP contribution in [0.4, 0.5) is 5.95 Å². The Morgan fingerprint density at radius 1 is 1.00 bits per heavy atom. The lowest BCUT2D eigenvalue weighted by molar-refractivity contribution is 0.160. The van der Waals surface area contributed by atoms with Gasteiger partial charge in [-0.25, -0.2) is 15.0 Å². The number of nitrogens with zero attached hydrogens (tertiary/aromatic N) is 7. The maximum absolute atomic E-state index is 10.8. The molecule has 5 rings (SSSR count). The number of fused-ring (bicyclic) bond motifs is 1. The van der Waals surface area contributed by atoms with Gasteiger partial charge in [0, 0.05) is 42.3 Å². The zero-order valence-electron chi connectivity index (χ0n) is 21.1. The monoisotopic (exact) mass is 472 g/mol. The average molecular weight is 473 g/mol. The summed E-state index contributed by atoms with van der Waals surface area (Å²) in [5.74, 6) is 0.686. The van der Waals surface area contributed by atoms with Crippen molar-refractivity contribution >= 4 is 17.1 Å². The number of phenols is 1. The van der Waals surface area contributed by atoms with E-state index in [0.717, 1.165) is 35.3 Å². The van der Waals surface area contributed by atoms with E-state index in [4.69, 9.17) is 0 Å². The molecule has 1 aliphatic rings. The van der Waals surface area contributed by atoms with E-state index in [9.17, 15) is 5.11 Å². The first-order chi connectivity index (χ1) is 16.5. The molecule has 3 aromatic heterocycles. The van der Waals surface area contributed by atoms with E-state index in [1.807, 2.05) is 42.9 Å². The smallest absolute Gasteiger partial charge is 0.245 e. The molecule has 182 valence electrons. The number of pyridine rings is 1. The second kappa shape index (κ2) is 8.27. The van der Waals surface area contributed by atoms with Crippen LogP contribution in [0.2, 0.25) is 0 Å². The molecule has 1 aromatic carbocycles. The number of aromatic hydroxyl groups is 1. The van der Waals surface area contributed by atoms with Gasteiger partial charge in [0.1, 0.15) is 17.0 Å². The first-order valence-electron chi connectivity index (χ1n) is 11.9. The molecule has 0 spiro atoms. The normalized spacial score (nSPS) is 17.5. The summed E-state index contributed by atoms with van der Waals surface area (Å²) in [5, 5.41) is 23.3. The highest BCUT2D eigenvalue weighted by atomic mass is 16.3. The molecule has 1 fully saturated rings. The maximum atomic E-state index is 10.8. The summed E-state index contributed by atoms with van der Waals surface area (Å²) in [6.07, 6.45) is 5.38. The summed E-state index contributed by atoms with van der Waals surface area (Å²) in [7, 11) is 3.93. The Balaban J connectivity index is 1.37. The van der Waals surface area contributed by atoms with Gasteiger partial charge in [-0.15, -0.1) is 10.2 Å². The molecule has 0 bridgehead atoms. The van der Waals surface area contributed by atoms with Crippen molar-refractivity contribution in [1.82, 2.24) is 35.0 Å². The van der Waals surface area contributed by atoms with Crippen LogP contribution < -0.4 is 10.2 Å². The van der Waals surface area contributed by atoms with Crippen molar-refractivity contribution < 1.29 is 5.11 Å². The van der Waals surface area contributed by atoms with E-state index in [1.54, 1.807) is 18.6 Å². The molecule has 4 aromatic rings. The predicted molar refractivity (Wildman–Crippen MR) is 137 cm³/mol. The van der Waals surface area contributed by atoms with E-state index in [0.29, 0.717) is 23.2 Å². The Morgan fingerprint density at radius 2 is 1.74 bits per heavy atom. The highest BCUT2D eigenvalue weighted by molar-refractivity contribution is 5.77. The fourth-order valence-corrected chi connectivity index (χ4v) is 5.33. The minimum atomic E-state index is 0.0255. The number of piperidine rings is 1. The van der Waals surface area contributed by atoms with E-state index in [2.05, 4.69) is 63.1 Å². The summed E-state index contributed by atoms with van der Waals surface area (Å²) in [6, 6.07) is 9.57. The van der Waals surface area contributed by atoms with Gasteiger partial charge in [0.15, 0.2) is 5.65 Å². The van der Waals surface area contributed by atoms with E-state index < -0.39 is 0 Å². The Bertz CT molecular complexity index is 1360. The molecule has 9 heteroatoms. The van der Waals surface area contributed by atoms with Gasteiger partial charge in [-0.05, 0) is 64.8 Å². The van der Waals surface area contributed by atoms with Crippen LogP contribution >= 0.6 is 0 Å².